The molecular weight excluding hydrogens is 270 g/mol. The molecule has 0 amide bonds. The van der Waals surface area contributed by atoms with Crippen LogP contribution >= 0.6 is 11.3 Å². The number of carboxylic acid groups (broad SMARTS) is 1. The summed E-state index contributed by atoms with van der Waals surface area (Å²) in [5.74, 6) is 1.77. The second-order valence-electron chi connectivity index (χ2n) is 4.55. The fourth-order valence-corrected chi connectivity index (χ4v) is 3.20. The quantitative estimate of drug-likeness (QED) is 0.605. The summed E-state index contributed by atoms with van der Waals surface area (Å²) in [7, 11) is 0. The number of aromatic carboxylic acids is 1. The van der Waals surface area contributed by atoms with E-state index in [1.807, 2.05) is 24.3 Å². The van der Waals surface area contributed by atoms with Gasteiger partial charge in [-0.15, -0.1) is 23.7 Å². The lowest BCUT2D eigenvalue weighted by Gasteiger charge is -2.05. The molecule has 0 aliphatic heterocycles. The van der Waals surface area contributed by atoms with Crippen LogP contribution in [0, 0.1) is 12.3 Å². The van der Waals surface area contributed by atoms with Crippen molar-refractivity contribution in [2.75, 3.05) is 6.54 Å². The minimum absolute atomic E-state index is 0.433. The third-order valence-corrected chi connectivity index (χ3v) is 4.32. The monoisotopic (exact) mass is 287 g/mol. The summed E-state index contributed by atoms with van der Waals surface area (Å²) < 4.78 is 1.02. The SMILES string of the molecule is C#CCCCCNCc1c(C(=O)O)sc2ccccc12. The zero-order chi connectivity index (χ0) is 14.4. The van der Waals surface area contributed by atoms with E-state index in [4.69, 9.17) is 6.42 Å². The number of carbonyl (C=O) groups is 1. The number of rotatable bonds is 7. The molecule has 3 nitrogen and oxygen atoms in total. The van der Waals surface area contributed by atoms with E-state index in [9.17, 15) is 9.90 Å². The number of terminal acetylenes is 1. The number of carboxylic acids is 1. The first-order valence-electron chi connectivity index (χ1n) is 6.62. The van der Waals surface area contributed by atoms with E-state index in [-0.39, 0.29) is 0 Å². The van der Waals surface area contributed by atoms with Gasteiger partial charge in [0.15, 0.2) is 0 Å². The van der Waals surface area contributed by atoms with Crippen LogP contribution in [0.5, 0.6) is 0 Å². The Kier molecular flexibility index (Phi) is 5.16. The fourth-order valence-electron chi connectivity index (χ4n) is 2.14. The van der Waals surface area contributed by atoms with Crippen LogP contribution in [0.4, 0.5) is 0 Å². The number of benzene rings is 1. The molecule has 0 saturated carbocycles. The fraction of sp³-hybridized carbons (Fsp3) is 0.312. The number of hydrogen-bond donors (Lipinski definition) is 2. The van der Waals surface area contributed by atoms with Crippen LogP contribution in [0.2, 0.25) is 0 Å². The predicted octanol–water partition coefficient (Wildman–Crippen LogP) is 3.49. The molecule has 2 rings (SSSR count). The number of hydrogen-bond acceptors (Lipinski definition) is 3. The van der Waals surface area contributed by atoms with Crippen molar-refractivity contribution in [1.82, 2.24) is 5.32 Å². The Morgan fingerprint density at radius 1 is 1.35 bits per heavy atom. The molecule has 2 aromatic rings. The van der Waals surface area contributed by atoms with E-state index in [1.165, 1.54) is 11.3 Å². The molecule has 0 bridgehead atoms. The third kappa shape index (κ3) is 3.38. The van der Waals surface area contributed by atoms with Gasteiger partial charge >= 0.3 is 5.97 Å². The lowest BCUT2D eigenvalue weighted by Crippen LogP contribution is -2.16. The molecule has 0 fully saturated rings. The van der Waals surface area contributed by atoms with Crippen molar-refractivity contribution < 1.29 is 9.90 Å². The predicted molar refractivity (Wildman–Crippen MR) is 83.2 cm³/mol. The first-order chi connectivity index (χ1) is 9.74. The summed E-state index contributed by atoms with van der Waals surface area (Å²) in [6.45, 7) is 1.44. The highest BCUT2D eigenvalue weighted by Gasteiger charge is 2.16. The molecule has 1 aromatic carbocycles. The van der Waals surface area contributed by atoms with Crippen LogP contribution in [-0.4, -0.2) is 17.6 Å². The average molecular weight is 287 g/mol. The topological polar surface area (TPSA) is 49.3 Å². The smallest absolute Gasteiger partial charge is 0.346 e. The van der Waals surface area contributed by atoms with Gasteiger partial charge in [0, 0.05) is 17.7 Å². The van der Waals surface area contributed by atoms with Crippen LogP contribution in [0.15, 0.2) is 24.3 Å². The van der Waals surface area contributed by atoms with E-state index >= 15 is 0 Å². The molecule has 0 unspecified atom stereocenters. The maximum absolute atomic E-state index is 11.3. The van der Waals surface area contributed by atoms with Gasteiger partial charge in [-0.25, -0.2) is 4.79 Å². The van der Waals surface area contributed by atoms with Crippen LogP contribution in [-0.2, 0) is 6.54 Å². The summed E-state index contributed by atoms with van der Waals surface area (Å²) in [5, 5.41) is 13.6. The second kappa shape index (κ2) is 7.09. The highest BCUT2D eigenvalue weighted by atomic mass is 32.1. The molecule has 0 aliphatic carbocycles. The van der Waals surface area contributed by atoms with Crippen molar-refractivity contribution in [3.63, 3.8) is 0 Å². The Balaban J connectivity index is 2.06. The summed E-state index contributed by atoms with van der Waals surface area (Å²) in [5.41, 5.74) is 0.884. The lowest BCUT2D eigenvalue weighted by atomic mass is 10.1. The minimum atomic E-state index is -0.852. The first-order valence-corrected chi connectivity index (χ1v) is 7.43. The highest BCUT2D eigenvalue weighted by molar-refractivity contribution is 7.21. The lowest BCUT2D eigenvalue weighted by molar-refractivity contribution is 0.0701. The summed E-state index contributed by atoms with van der Waals surface area (Å²) >= 11 is 1.34. The summed E-state index contributed by atoms with van der Waals surface area (Å²) in [6, 6.07) is 7.81. The summed E-state index contributed by atoms with van der Waals surface area (Å²) in [6.07, 6.45) is 8.00. The molecule has 0 saturated heterocycles. The molecule has 20 heavy (non-hydrogen) atoms. The molecule has 1 aromatic heterocycles. The summed E-state index contributed by atoms with van der Waals surface area (Å²) in [4.78, 5) is 11.8. The molecule has 104 valence electrons. The Labute approximate surface area is 122 Å². The van der Waals surface area contributed by atoms with Gasteiger partial charge in [-0.1, -0.05) is 18.2 Å². The molecule has 0 atom stereocenters. The van der Waals surface area contributed by atoms with Crippen molar-refractivity contribution in [2.45, 2.75) is 25.8 Å². The molecule has 4 heteroatoms. The minimum Gasteiger partial charge on any atom is -0.477 e. The van der Waals surface area contributed by atoms with Crippen molar-refractivity contribution in [3.8, 4) is 12.3 Å². The van der Waals surface area contributed by atoms with Gasteiger partial charge in [0.05, 0.1) is 0 Å². The van der Waals surface area contributed by atoms with Crippen LogP contribution in [0.1, 0.15) is 34.5 Å². The largest absolute Gasteiger partial charge is 0.477 e. The van der Waals surface area contributed by atoms with Gasteiger partial charge in [-0.05, 0) is 36.4 Å². The van der Waals surface area contributed by atoms with Gasteiger partial charge < -0.3 is 10.4 Å². The molecule has 0 aliphatic rings. The molecule has 2 N–H and O–H groups in total. The van der Waals surface area contributed by atoms with E-state index in [2.05, 4.69) is 11.2 Å². The zero-order valence-corrected chi connectivity index (χ0v) is 12.0. The van der Waals surface area contributed by atoms with Crippen molar-refractivity contribution in [3.05, 3.63) is 34.7 Å². The number of thiophene rings is 1. The highest BCUT2D eigenvalue weighted by Crippen LogP contribution is 2.31. The van der Waals surface area contributed by atoms with E-state index in [0.717, 1.165) is 41.5 Å². The maximum Gasteiger partial charge on any atom is 0.346 e. The van der Waals surface area contributed by atoms with Crippen molar-refractivity contribution in [1.29, 1.82) is 0 Å². The first kappa shape index (κ1) is 14.6. The van der Waals surface area contributed by atoms with Gasteiger partial charge in [0.2, 0.25) is 0 Å². The van der Waals surface area contributed by atoms with E-state index in [0.29, 0.717) is 11.4 Å². The standard InChI is InChI=1S/C16H17NO2S/c1-2-3-4-7-10-17-11-13-12-8-5-6-9-14(12)20-15(13)16(18)19/h1,5-6,8-9,17H,3-4,7,10-11H2,(H,18,19). The van der Waals surface area contributed by atoms with Gasteiger partial charge in [0.25, 0.3) is 0 Å². The maximum atomic E-state index is 11.3. The Hall–Kier alpha value is -1.83. The normalized spacial score (nSPS) is 10.6. The Morgan fingerprint density at radius 2 is 2.15 bits per heavy atom. The third-order valence-electron chi connectivity index (χ3n) is 3.12. The molecule has 0 spiro atoms. The number of nitrogens with one attached hydrogen (secondary N) is 1. The molecule has 1 heterocycles. The van der Waals surface area contributed by atoms with Crippen molar-refractivity contribution >= 4 is 27.4 Å². The van der Waals surface area contributed by atoms with Crippen LogP contribution in [0.3, 0.4) is 0 Å². The van der Waals surface area contributed by atoms with Crippen molar-refractivity contribution in [2.24, 2.45) is 0 Å². The van der Waals surface area contributed by atoms with E-state index in [1.54, 1.807) is 0 Å². The second-order valence-corrected chi connectivity index (χ2v) is 5.60. The molecular formula is C16H17NO2S. The number of fused-ring (bicyclic) bond motifs is 1. The van der Waals surface area contributed by atoms with Gasteiger partial charge in [-0.2, -0.15) is 0 Å². The zero-order valence-electron chi connectivity index (χ0n) is 11.2. The average Bonchev–Trinajstić information content (AvgIpc) is 2.82. The van der Waals surface area contributed by atoms with Gasteiger partial charge in [0.1, 0.15) is 4.88 Å². The Bertz CT molecular complexity index is 639. The van der Waals surface area contributed by atoms with Crippen LogP contribution in [0.25, 0.3) is 10.1 Å². The van der Waals surface area contributed by atoms with Crippen LogP contribution < -0.4 is 5.32 Å². The Morgan fingerprint density at radius 3 is 2.90 bits per heavy atom. The van der Waals surface area contributed by atoms with Gasteiger partial charge in [-0.3, -0.25) is 0 Å². The molecule has 0 radical (unpaired) electrons. The van der Waals surface area contributed by atoms with E-state index < -0.39 is 5.97 Å². The number of unbranched alkanes of at least 4 members (excludes halogenated alkanes) is 2.